The van der Waals surface area contributed by atoms with Crippen LogP contribution >= 0.6 is 0 Å². The average molecular weight is 437 g/mol. The second kappa shape index (κ2) is 9.09. The maximum absolute atomic E-state index is 15.4. The molecule has 4 nitrogen and oxygen atoms in total. The van der Waals surface area contributed by atoms with Crippen molar-refractivity contribution >= 4 is 22.9 Å². The number of nitrogens with one attached hydrogen (secondary N) is 1. The minimum absolute atomic E-state index is 0.0208. The van der Waals surface area contributed by atoms with Crippen molar-refractivity contribution in [1.29, 1.82) is 0 Å². The van der Waals surface area contributed by atoms with Gasteiger partial charge >= 0.3 is 5.97 Å². The van der Waals surface area contributed by atoms with Crippen molar-refractivity contribution in [2.75, 3.05) is 6.54 Å². The number of halogens is 2. The van der Waals surface area contributed by atoms with E-state index in [4.69, 9.17) is 5.11 Å². The van der Waals surface area contributed by atoms with Gasteiger partial charge in [0.1, 0.15) is 11.6 Å². The molecule has 2 atom stereocenters. The van der Waals surface area contributed by atoms with Crippen molar-refractivity contribution in [1.82, 2.24) is 9.88 Å². The predicted octanol–water partition coefficient (Wildman–Crippen LogP) is 5.85. The number of aliphatic carboxylic acids is 1. The van der Waals surface area contributed by atoms with Crippen LogP contribution in [0.15, 0.2) is 55.1 Å². The number of aromatic nitrogens is 1. The van der Waals surface area contributed by atoms with Crippen molar-refractivity contribution in [2.24, 2.45) is 0 Å². The van der Waals surface area contributed by atoms with Crippen LogP contribution < -0.4 is 0 Å². The Morgan fingerprint density at radius 2 is 2.00 bits per heavy atom. The quantitative estimate of drug-likeness (QED) is 0.361. The zero-order chi connectivity index (χ0) is 22.8. The molecule has 0 saturated heterocycles. The van der Waals surface area contributed by atoms with Crippen molar-refractivity contribution in [2.45, 2.75) is 38.3 Å². The van der Waals surface area contributed by atoms with E-state index in [-0.39, 0.29) is 17.2 Å². The Kier molecular flexibility index (Phi) is 6.24. The Bertz CT molecular complexity index is 1170. The van der Waals surface area contributed by atoms with Crippen LogP contribution in [-0.4, -0.2) is 33.5 Å². The third kappa shape index (κ3) is 3.98. The van der Waals surface area contributed by atoms with Gasteiger partial charge in [0, 0.05) is 40.8 Å². The van der Waals surface area contributed by atoms with E-state index >= 15 is 8.78 Å². The molecule has 6 heteroatoms. The fourth-order valence-corrected chi connectivity index (χ4v) is 4.77. The first-order chi connectivity index (χ1) is 15.4. The normalized spacial score (nSPS) is 18.8. The third-order valence-electron chi connectivity index (χ3n) is 6.22. The maximum atomic E-state index is 15.4. The highest BCUT2D eigenvalue weighted by Crippen LogP contribution is 2.43. The van der Waals surface area contributed by atoms with Gasteiger partial charge in [-0.15, -0.1) is 6.58 Å². The first-order valence-corrected chi connectivity index (χ1v) is 10.8. The fourth-order valence-electron chi connectivity index (χ4n) is 4.77. The van der Waals surface area contributed by atoms with Crippen LogP contribution in [0.5, 0.6) is 0 Å². The summed E-state index contributed by atoms with van der Waals surface area (Å²) in [6, 6.07) is 9.83. The molecule has 0 aliphatic carbocycles. The van der Waals surface area contributed by atoms with E-state index in [0.717, 1.165) is 41.1 Å². The van der Waals surface area contributed by atoms with Crippen molar-refractivity contribution in [3.63, 3.8) is 0 Å². The van der Waals surface area contributed by atoms with Crippen LogP contribution in [0.2, 0.25) is 0 Å². The number of nitrogens with zero attached hydrogens (tertiary/aromatic N) is 1. The highest BCUT2D eigenvalue weighted by Gasteiger charge is 2.39. The second-order valence-corrected chi connectivity index (χ2v) is 8.12. The fraction of sp³-hybridized carbons (Fsp3) is 0.269. The lowest BCUT2D eigenvalue weighted by Crippen LogP contribution is -2.45. The van der Waals surface area contributed by atoms with Gasteiger partial charge < -0.3 is 10.1 Å². The van der Waals surface area contributed by atoms with E-state index in [0.29, 0.717) is 13.0 Å². The number of aromatic amines is 1. The summed E-state index contributed by atoms with van der Waals surface area (Å²) in [5.41, 5.74) is 3.01. The average Bonchev–Trinajstić information content (AvgIpc) is 3.14. The minimum Gasteiger partial charge on any atom is -0.478 e. The van der Waals surface area contributed by atoms with Gasteiger partial charge in [-0.05, 0) is 54.7 Å². The van der Waals surface area contributed by atoms with Crippen LogP contribution in [0, 0.1) is 11.6 Å². The standard InChI is InChI=1S/C26H26F2N2O2/c1-3-5-12-30-17(4-2)15-19-18-8-6-7-9-22(18)29-25(19)26(30)24-20(27)13-16(14-21(24)28)10-11-23(31)32/h3,6-11,13-14,17,26,29H,1,4-5,12,15H2,2H3,(H,31,32)/b11-10+/t17-,26-/m1/s1. The first-order valence-electron chi connectivity index (χ1n) is 10.8. The zero-order valence-corrected chi connectivity index (χ0v) is 17.9. The lowest BCUT2D eigenvalue weighted by Gasteiger charge is -2.42. The molecule has 3 aromatic rings. The summed E-state index contributed by atoms with van der Waals surface area (Å²) in [4.78, 5) is 16.4. The first kappa shape index (κ1) is 22.0. The summed E-state index contributed by atoms with van der Waals surface area (Å²) in [5.74, 6) is -2.55. The summed E-state index contributed by atoms with van der Waals surface area (Å²) in [6.07, 6.45) is 6.22. The zero-order valence-electron chi connectivity index (χ0n) is 17.9. The van der Waals surface area contributed by atoms with Crippen molar-refractivity contribution in [3.8, 4) is 0 Å². The molecule has 0 bridgehead atoms. The molecule has 4 rings (SSSR count). The van der Waals surface area contributed by atoms with Gasteiger partial charge in [-0.3, -0.25) is 4.90 Å². The van der Waals surface area contributed by atoms with Crippen LogP contribution in [0.3, 0.4) is 0 Å². The molecular formula is C26H26F2N2O2. The molecule has 1 aliphatic heterocycles. The molecule has 0 fully saturated rings. The highest BCUT2D eigenvalue weighted by atomic mass is 19.1. The van der Waals surface area contributed by atoms with Crippen molar-refractivity contribution in [3.05, 3.63) is 89.1 Å². The SMILES string of the molecule is C=CCCN1[C@H](CC)Cc2c([nH]c3ccccc23)[C@H]1c1c(F)cc(/C=C/C(=O)O)cc1F. The molecule has 166 valence electrons. The Hall–Kier alpha value is -3.25. The van der Waals surface area contributed by atoms with Crippen LogP contribution in [0.1, 0.15) is 48.2 Å². The number of para-hydroxylation sites is 1. The van der Waals surface area contributed by atoms with E-state index in [1.54, 1.807) is 0 Å². The molecule has 0 saturated carbocycles. The molecule has 32 heavy (non-hydrogen) atoms. The molecule has 2 N–H and O–H groups in total. The number of rotatable bonds is 7. The molecule has 0 unspecified atom stereocenters. The largest absolute Gasteiger partial charge is 0.478 e. The van der Waals surface area contributed by atoms with E-state index in [1.165, 1.54) is 18.2 Å². The number of hydrogen-bond donors (Lipinski definition) is 2. The third-order valence-corrected chi connectivity index (χ3v) is 6.22. The number of carboxylic acid groups (broad SMARTS) is 1. The van der Waals surface area contributed by atoms with Crippen LogP contribution in [-0.2, 0) is 11.2 Å². The van der Waals surface area contributed by atoms with E-state index in [1.807, 2.05) is 30.3 Å². The lowest BCUT2D eigenvalue weighted by molar-refractivity contribution is -0.131. The van der Waals surface area contributed by atoms with Gasteiger partial charge in [0.2, 0.25) is 0 Å². The lowest BCUT2D eigenvalue weighted by atomic mass is 9.86. The van der Waals surface area contributed by atoms with Gasteiger partial charge in [-0.25, -0.2) is 13.6 Å². The number of carboxylic acids is 1. The van der Waals surface area contributed by atoms with Crippen molar-refractivity contribution < 1.29 is 18.7 Å². The Morgan fingerprint density at radius 1 is 1.28 bits per heavy atom. The van der Waals surface area contributed by atoms with E-state index in [2.05, 4.69) is 23.4 Å². The number of hydrogen-bond acceptors (Lipinski definition) is 2. The molecule has 2 heterocycles. The van der Waals surface area contributed by atoms with E-state index in [9.17, 15) is 4.79 Å². The van der Waals surface area contributed by atoms with Crippen LogP contribution in [0.25, 0.3) is 17.0 Å². The second-order valence-electron chi connectivity index (χ2n) is 8.12. The van der Waals surface area contributed by atoms with Gasteiger partial charge in [0.15, 0.2) is 0 Å². The van der Waals surface area contributed by atoms with Crippen LogP contribution in [0.4, 0.5) is 8.78 Å². The predicted molar refractivity (Wildman–Crippen MR) is 122 cm³/mol. The number of H-pyrrole nitrogens is 1. The van der Waals surface area contributed by atoms with Gasteiger partial charge in [-0.2, -0.15) is 0 Å². The summed E-state index contributed by atoms with van der Waals surface area (Å²) < 4.78 is 30.8. The van der Waals surface area contributed by atoms with Gasteiger partial charge in [-0.1, -0.05) is 31.2 Å². The maximum Gasteiger partial charge on any atom is 0.328 e. The summed E-state index contributed by atoms with van der Waals surface area (Å²) in [6.45, 7) is 6.53. The Morgan fingerprint density at radius 3 is 2.66 bits per heavy atom. The summed E-state index contributed by atoms with van der Waals surface area (Å²) in [5, 5.41) is 9.91. The Labute approximate surface area is 185 Å². The molecule has 0 spiro atoms. The topological polar surface area (TPSA) is 56.3 Å². The molecule has 1 aromatic heterocycles. The molecule has 0 radical (unpaired) electrons. The minimum atomic E-state index is -1.17. The Balaban J connectivity index is 1.91. The molecule has 0 amide bonds. The van der Waals surface area contributed by atoms with E-state index < -0.39 is 23.6 Å². The summed E-state index contributed by atoms with van der Waals surface area (Å²) in [7, 11) is 0. The monoisotopic (exact) mass is 436 g/mol. The van der Waals surface area contributed by atoms with Gasteiger partial charge in [0.25, 0.3) is 0 Å². The summed E-state index contributed by atoms with van der Waals surface area (Å²) >= 11 is 0. The number of benzene rings is 2. The number of carbonyl (C=O) groups is 1. The van der Waals surface area contributed by atoms with Gasteiger partial charge in [0.05, 0.1) is 6.04 Å². The highest BCUT2D eigenvalue weighted by molar-refractivity contribution is 5.86. The molecule has 2 aromatic carbocycles. The molecular weight excluding hydrogens is 410 g/mol. The number of fused-ring (bicyclic) bond motifs is 3. The smallest absolute Gasteiger partial charge is 0.328 e. The molecule has 1 aliphatic rings.